The minimum absolute atomic E-state index is 0.167. The fraction of sp³-hybridized carbons (Fsp3) is 0.533. The zero-order chi connectivity index (χ0) is 12.5. The summed E-state index contributed by atoms with van der Waals surface area (Å²) in [6, 6.07) is 10.5. The first-order chi connectivity index (χ1) is 8.24. The first kappa shape index (κ1) is 13.8. The van der Waals surface area contributed by atoms with E-state index in [2.05, 4.69) is 6.07 Å². The maximum atomic E-state index is 11.6. The molecule has 0 aliphatic rings. The van der Waals surface area contributed by atoms with Gasteiger partial charge in [-0.3, -0.25) is 4.79 Å². The third-order valence-corrected chi connectivity index (χ3v) is 2.77. The highest BCUT2D eigenvalue weighted by Gasteiger charge is 2.10. The normalized spacial score (nSPS) is 12.1. The highest BCUT2D eigenvalue weighted by Crippen LogP contribution is 2.12. The predicted octanol–water partition coefficient (Wildman–Crippen LogP) is 3.65. The van der Waals surface area contributed by atoms with Crippen molar-refractivity contribution in [2.24, 2.45) is 5.92 Å². The summed E-state index contributed by atoms with van der Waals surface area (Å²) in [6.07, 6.45) is 3.48. The zero-order valence-electron chi connectivity index (χ0n) is 10.7. The third-order valence-electron chi connectivity index (χ3n) is 2.77. The number of hydrogen-bond acceptors (Lipinski definition) is 2. The summed E-state index contributed by atoms with van der Waals surface area (Å²) in [6.45, 7) is 4.72. The summed E-state index contributed by atoms with van der Waals surface area (Å²) >= 11 is 0. The van der Waals surface area contributed by atoms with Gasteiger partial charge >= 0.3 is 0 Å². The minimum Gasteiger partial charge on any atom is -0.494 e. The molecule has 0 aromatic heterocycles. The molecule has 0 saturated carbocycles. The monoisotopic (exact) mass is 233 g/mol. The lowest BCUT2D eigenvalue weighted by atomic mass is 9.98. The van der Waals surface area contributed by atoms with E-state index in [9.17, 15) is 4.79 Å². The third kappa shape index (κ3) is 5.53. The van der Waals surface area contributed by atoms with Gasteiger partial charge in [-0.1, -0.05) is 26.0 Å². The lowest BCUT2D eigenvalue weighted by molar-refractivity contribution is -0.122. The Morgan fingerprint density at radius 2 is 2.35 bits per heavy atom. The molecule has 0 heterocycles. The van der Waals surface area contributed by atoms with Crippen molar-refractivity contribution in [3.05, 3.63) is 30.3 Å². The van der Waals surface area contributed by atoms with Crippen molar-refractivity contribution in [1.29, 1.82) is 0 Å². The molecule has 0 aliphatic carbocycles. The predicted molar refractivity (Wildman–Crippen MR) is 69.1 cm³/mol. The van der Waals surface area contributed by atoms with Gasteiger partial charge in [0.25, 0.3) is 0 Å². The summed E-state index contributed by atoms with van der Waals surface area (Å²) in [5, 5.41) is 0. The maximum Gasteiger partial charge on any atom is 0.135 e. The van der Waals surface area contributed by atoms with Crippen LogP contribution in [-0.2, 0) is 4.79 Å². The minimum atomic E-state index is 0.167. The number of rotatable bonds is 8. The van der Waals surface area contributed by atoms with Crippen molar-refractivity contribution in [2.75, 3.05) is 6.61 Å². The Bertz CT molecular complexity index is 319. The van der Waals surface area contributed by atoms with Gasteiger partial charge in [0.2, 0.25) is 0 Å². The molecule has 0 amide bonds. The summed E-state index contributed by atoms with van der Waals surface area (Å²) in [7, 11) is 0. The molecule has 1 atom stereocenters. The van der Waals surface area contributed by atoms with Crippen molar-refractivity contribution in [1.82, 2.24) is 0 Å². The Morgan fingerprint density at radius 3 is 3.00 bits per heavy atom. The first-order valence-corrected chi connectivity index (χ1v) is 6.35. The lowest BCUT2D eigenvalue weighted by Crippen LogP contribution is -2.11. The van der Waals surface area contributed by atoms with Gasteiger partial charge in [-0.15, -0.1) is 0 Å². The van der Waals surface area contributed by atoms with Crippen LogP contribution in [0.3, 0.4) is 0 Å². The molecule has 2 heteroatoms. The zero-order valence-corrected chi connectivity index (χ0v) is 10.7. The topological polar surface area (TPSA) is 26.3 Å². The van der Waals surface area contributed by atoms with Crippen molar-refractivity contribution in [3.63, 3.8) is 0 Å². The molecule has 93 valence electrons. The SMILES string of the molecule is CCCC(=O)C(C)CCCOc1c[c]ccc1. The lowest BCUT2D eigenvalue weighted by Gasteiger charge is -2.10. The Morgan fingerprint density at radius 1 is 1.53 bits per heavy atom. The van der Waals surface area contributed by atoms with Gasteiger partial charge in [-0.2, -0.15) is 0 Å². The summed E-state index contributed by atoms with van der Waals surface area (Å²) in [5.74, 6) is 1.39. The van der Waals surface area contributed by atoms with Gasteiger partial charge in [-0.25, -0.2) is 0 Å². The van der Waals surface area contributed by atoms with Crippen LogP contribution in [-0.4, -0.2) is 12.4 Å². The number of ketones is 1. The first-order valence-electron chi connectivity index (χ1n) is 6.35. The van der Waals surface area contributed by atoms with Crippen LogP contribution < -0.4 is 4.74 Å². The molecular formula is C15H21O2. The summed E-state index contributed by atoms with van der Waals surface area (Å²) < 4.78 is 5.55. The number of benzene rings is 1. The molecular weight excluding hydrogens is 212 g/mol. The van der Waals surface area contributed by atoms with Crippen molar-refractivity contribution < 1.29 is 9.53 Å². The average Bonchev–Trinajstić information content (AvgIpc) is 2.36. The van der Waals surface area contributed by atoms with Crippen LogP contribution in [0.1, 0.15) is 39.5 Å². The van der Waals surface area contributed by atoms with E-state index in [1.807, 2.05) is 38.1 Å². The second kappa shape index (κ2) is 7.88. The van der Waals surface area contributed by atoms with Crippen molar-refractivity contribution in [2.45, 2.75) is 39.5 Å². The van der Waals surface area contributed by atoms with Gasteiger partial charge < -0.3 is 4.74 Å². The molecule has 0 saturated heterocycles. The number of ether oxygens (including phenoxy) is 1. The summed E-state index contributed by atoms with van der Waals surface area (Å²) in [5.41, 5.74) is 0. The van der Waals surface area contributed by atoms with E-state index in [0.29, 0.717) is 18.8 Å². The van der Waals surface area contributed by atoms with Crippen LogP contribution in [0.2, 0.25) is 0 Å². The van der Waals surface area contributed by atoms with Crippen molar-refractivity contribution in [3.8, 4) is 5.75 Å². The van der Waals surface area contributed by atoms with Crippen LogP contribution in [0.4, 0.5) is 0 Å². The van der Waals surface area contributed by atoms with Gasteiger partial charge in [0.15, 0.2) is 0 Å². The molecule has 0 bridgehead atoms. The van der Waals surface area contributed by atoms with Crippen LogP contribution in [0, 0.1) is 12.0 Å². The van der Waals surface area contributed by atoms with Crippen LogP contribution >= 0.6 is 0 Å². The van der Waals surface area contributed by atoms with Gasteiger partial charge in [0.1, 0.15) is 11.5 Å². The van der Waals surface area contributed by atoms with Crippen LogP contribution in [0.5, 0.6) is 5.75 Å². The fourth-order valence-corrected chi connectivity index (χ4v) is 1.70. The smallest absolute Gasteiger partial charge is 0.135 e. The molecule has 0 fully saturated rings. The quantitative estimate of drug-likeness (QED) is 0.641. The van der Waals surface area contributed by atoms with Crippen LogP contribution in [0.15, 0.2) is 24.3 Å². The van der Waals surface area contributed by atoms with Crippen LogP contribution in [0.25, 0.3) is 0 Å². The standard InChI is InChI=1S/C15H21O2/c1-3-8-15(16)13(2)9-7-12-17-14-10-5-4-6-11-14/h4-5,10-11,13H,3,7-9,12H2,1-2H3. The van der Waals surface area contributed by atoms with E-state index < -0.39 is 0 Å². The molecule has 0 N–H and O–H groups in total. The Balaban J connectivity index is 2.14. The molecule has 1 rings (SSSR count). The highest BCUT2D eigenvalue weighted by molar-refractivity contribution is 5.80. The molecule has 17 heavy (non-hydrogen) atoms. The van der Waals surface area contributed by atoms with E-state index >= 15 is 0 Å². The second-order valence-electron chi connectivity index (χ2n) is 4.35. The largest absolute Gasteiger partial charge is 0.494 e. The van der Waals surface area contributed by atoms with E-state index in [4.69, 9.17) is 4.74 Å². The summed E-state index contributed by atoms with van der Waals surface area (Å²) in [4.78, 5) is 11.6. The van der Waals surface area contributed by atoms with E-state index in [1.165, 1.54) is 0 Å². The molecule has 1 aromatic rings. The highest BCUT2D eigenvalue weighted by atomic mass is 16.5. The Kier molecular flexibility index (Phi) is 6.38. The molecule has 1 radical (unpaired) electrons. The second-order valence-corrected chi connectivity index (χ2v) is 4.35. The Hall–Kier alpha value is -1.31. The maximum absolute atomic E-state index is 11.6. The van der Waals surface area contributed by atoms with E-state index in [1.54, 1.807) is 0 Å². The molecule has 0 spiro atoms. The number of carbonyl (C=O) groups excluding carboxylic acids is 1. The Labute approximate surface area is 104 Å². The number of hydrogen-bond donors (Lipinski definition) is 0. The van der Waals surface area contributed by atoms with Gasteiger partial charge in [0.05, 0.1) is 6.61 Å². The van der Waals surface area contributed by atoms with Crippen molar-refractivity contribution >= 4 is 5.78 Å². The number of carbonyl (C=O) groups is 1. The molecule has 1 aromatic carbocycles. The van der Waals surface area contributed by atoms with Gasteiger partial charge in [0, 0.05) is 12.3 Å². The fourth-order valence-electron chi connectivity index (χ4n) is 1.70. The number of Topliss-reactive ketones (excluding diaryl/α,β-unsaturated/α-hetero) is 1. The van der Waals surface area contributed by atoms with E-state index in [-0.39, 0.29) is 5.92 Å². The molecule has 1 unspecified atom stereocenters. The van der Waals surface area contributed by atoms with E-state index in [0.717, 1.165) is 25.0 Å². The molecule has 2 nitrogen and oxygen atoms in total. The molecule has 0 aliphatic heterocycles. The average molecular weight is 233 g/mol. The van der Waals surface area contributed by atoms with Gasteiger partial charge in [-0.05, 0) is 37.5 Å².